The summed E-state index contributed by atoms with van der Waals surface area (Å²) in [7, 11) is 1.51. The van der Waals surface area contributed by atoms with Gasteiger partial charge in [0.05, 0.1) is 18.6 Å². The van der Waals surface area contributed by atoms with E-state index in [9.17, 15) is 9.59 Å². The zero-order chi connectivity index (χ0) is 18.9. The Morgan fingerprint density at radius 1 is 1.35 bits per heavy atom. The van der Waals surface area contributed by atoms with Crippen LogP contribution in [0.15, 0.2) is 35.2 Å². The highest BCUT2D eigenvalue weighted by Crippen LogP contribution is 2.29. The van der Waals surface area contributed by atoms with E-state index in [1.165, 1.54) is 37.1 Å². The summed E-state index contributed by atoms with van der Waals surface area (Å²) in [4.78, 5) is 23.4. The van der Waals surface area contributed by atoms with Gasteiger partial charge in [0.25, 0.3) is 0 Å². The Labute approximate surface area is 159 Å². The molecule has 0 spiro atoms. The summed E-state index contributed by atoms with van der Waals surface area (Å²) in [6, 6.07) is 5.02. The highest BCUT2D eigenvalue weighted by atomic mass is 32.2. The van der Waals surface area contributed by atoms with E-state index in [1.807, 2.05) is 0 Å². The van der Waals surface area contributed by atoms with Crippen LogP contribution in [0.25, 0.3) is 0 Å². The summed E-state index contributed by atoms with van der Waals surface area (Å²) in [6.45, 7) is 5.64. The molecule has 26 heavy (non-hydrogen) atoms. The molecule has 1 heterocycles. The van der Waals surface area contributed by atoms with Crippen LogP contribution in [-0.4, -0.2) is 41.4 Å². The van der Waals surface area contributed by atoms with Gasteiger partial charge in [0.15, 0.2) is 4.34 Å². The van der Waals surface area contributed by atoms with E-state index in [0.29, 0.717) is 33.1 Å². The summed E-state index contributed by atoms with van der Waals surface area (Å²) >= 11 is 2.65. The second kappa shape index (κ2) is 9.78. The van der Waals surface area contributed by atoms with Crippen LogP contribution >= 0.6 is 23.1 Å². The van der Waals surface area contributed by atoms with E-state index in [1.54, 1.807) is 24.3 Å². The highest BCUT2D eigenvalue weighted by molar-refractivity contribution is 8.01. The van der Waals surface area contributed by atoms with Crippen LogP contribution < -0.4 is 20.7 Å². The van der Waals surface area contributed by atoms with Crippen molar-refractivity contribution in [3.8, 4) is 5.75 Å². The van der Waals surface area contributed by atoms with Crippen molar-refractivity contribution in [3.63, 3.8) is 0 Å². The standard InChI is InChI=1S/C16H19N5O3S2/c1-4-7-17-15-20-21-16(26-15)25-9-14(23)19-12-8-11(18-10(2)22)5-6-13(12)24-3/h4-6,8H,1,7,9H2,2-3H3,(H,17,20)(H,18,22)(H,19,23). The van der Waals surface area contributed by atoms with E-state index in [0.717, 1.165) is 0 Å². The Morgan fingerprint density at radius 3 is 2.85 bits per heavy atom. The van der Waals surface area contributed by atoms with Crippen LogP contribution in [0.2, 0.25) is 0 Å². The zero-order valence-corrected chi connectivity index (χ0v) is 16.0. The molecule has 0 saturated carbocycles. The first-order chi connectivity index (χ1) is 12.5. The number of carbonyl (C=O) groups is 2. The number of rotatable bonds is 9. The fourth-order valence-electron chi connectivity index (χ4n) is 1.90. The maximum absolute atomic E-state index is 12.2. The molecule has 10 heteroatoms. The van der Waals surface area contributed by atoms with Crippen LogP contribution in [0.1, 0.15) is 6.92 Å². The van der Waals surface area contributed by atoms with Crippen molar-refractivity contribution in [1.82, 2.24) is 10.2 Å². The number of carbonyl (C=O) groups excluding carboxylic acids is 2. The summed E-state index contributed by atoms with van der Waals surface area (Å²) in [5.74, 6) is 0.261. The molecule has 0 fully saturated rings. The van der Waals surface area contributed by atoms with Crippen molar-refractivity contribution >= 4 is 51.4 Å². The van der Waals surface area contributed by atoms with Gasteiger partial charge in [-0.25, -0.2) is 0 Å². The van der Waals surface area contributed by atoms with Gasteiger partial charge in [-0.3, -0.25) is 9.59 Å². The monoisotopic (exact) mass is 393 g/mol. The Hall–Kier alpha value is -2.59. The Kier molecular flexibility index (Phi) is 7.42. The van der Waals surface area contributed by atoms with Crippen LogP contribution in [0, 0.1) is 0 Å². The number of hydrogen-bond acceptors (Lipinski definition) is 8. The third-order valence-electron chi connectivity index (χ3n) is 2.92. The number of amides is 2. The highest BCUT2D eigenvalue weighted by Gasteiger charge is 2.12. The molecule has 2 aromatic rings. The Bertz CT molecular complexity index is 794. The fourth-order valence-corrected chi connectivity index (χ4v) is 3.46. The van der Waals surface area contributed by atoms with Gasteiger partial charge in [-0.2, -0.15) is 0 Å². The fraction of sp³-hybridized carbons (Fsp3) is 0.250. The molecule has 2 rings (SSSR count). The van der Waals surface area contributed by atoms with Crippen molar-refractivity contribution in [2.75, 3.05) is 35.4 Å². The number of ether oxygens (including phenoxy) is 1. The molecule has 1 aromatic heterocycles. The topological polar surface area (TPSA) is 105 Å². The minimum Gasteiger partial charge on any atom is -0.495 e. The first-order valence-corrected chi connectivity index (χ1v) is 9.38. The molecular formula is C16H19N5O3S2. The van der Waals surface area contributed by atoms with E-state index in [4.69, 9.17) is 4.74 Å². The summed E-state index contributed by atoms with van der Waals surface area (Å²) in [5, 5.41) is 17.2. The quantitative estimate of drug-likeness (QED) is 0.444. The van der Waals surface area contributed by atoms with Crippen molar-refractivity contribution in [3.05, 3.63) is 30.9 Å². The minimum absolute atomic E-state index is 0.170. The zero-order valence-electron chi connectivity index (χ0n) is 14.4. The molecule has 0 aliphatic rings. The average Bonchev–Trinajstić information content (AvgIpc) is 3.06. The lowest BCUT2D eigenvalue weighted by Gasteiger charge is -2.12. The molecule has 1 aromatic carbocycles. The minimum atomic E-state index is -0.218. The molecule has 0 unspecified atom stereocenters. The molecule has 0 aliphatic carbocycles. The number of methoxy groups -OCH3 is 1. The van der Waals surface area contributed by atoms with E-state index in [2.05, 4.69) is 32.7 Å². The molecule has 0 radical (unpaired) electrons. The van der Waals surface area contributed by atoms with Crippen LogP contribution in [0.3, 0.4) is 0 Å². The number of benzene rings is 1. The second-order valence-electron chi connectivity index (χ2n) is 4.98. The molecule has 2 amide bonds. The van der Waals surface area contributed by atoms with Crippen LogP contribution in [0.4, 0.5) is 16.5 Å². The van der Waals surface area contributed by atoms with Gasteiger partial charge in [-0.1, -0.05) is 29.2 Å². The van der Waals surface area contributed by atoms with E-state index >= 15 is 0 Å². The van der Waals surface area contributed by atoms with Gasteiger partial charge in [0, 0.05) is 19.2 Å². The summed E-state index contributed by atoms with van der Waals surface area (Å²) < 4.78 is 5.92. The number of hydrogen-bond donors (Lipinski definition) is 3. The summed E-state index contributed by atoms with van der Waals surface area (Å²) in [5.41, 5.74) is 1.05. The predicted octanol–water partition coefficient (Wildman–Crippen LogP) is 2.83. The van der Waals surface area contributed by atoms with Crippen molar-refractivity contribution < 1.29 is 14.3 Å². The number of aromatic nitrogens is 2. The summed E-state index contributed by atoms with van der Waals surface area (Å²) in [6.07, 6.45) is 1.73. The second-order valence-corrected chi connectivity index (χ2v) is 7.18. The van der Waals surface area contributed by atoms with Crippen molar-refractivity contribution in [2.24, 2.45) is 0 Å². The predicted molar refractivity (Wildman–Crippen MR) is 105 cm³/mol. The van der Waals surface area contributed by atoms with Crippen molar-refractivity contribution in [1.29, 1.82) is 0 Å². The lowest BCUT2D eigenvalue weighted by Crippen LogP contribution is -2.15. The van der Waals surface area contributed by atoms with Gasteiger partial charge < -0.3 is 20.7 Å². The number of nitrogens with one attached hydrogen (secondary N) is 3. The molecule has 0 aliphatic heterocycles. The van der Waals surface area contributed by atoms with E-state index < -0.39 is 0 Å². The number of thioether (sulfide) groups is 1. The number of nitrogens with zero attached hydrogens (tertiary/aromatic N) is 2. The maximum Gasteiger partial charge on any atom is 0.234 e. The SMILES string of the molecule is C=CCNc1nnc(SCC(=O)Nc2cc(NC(C)=O)ccc2OC)s1. The van der Waals surface area contributed by atoms with E-state index in [-0.39, 0.29) is 17.6 Å². The molecule has 0 bridgehead atoms. The third kappa shape index (κ3) is 6.05. The Balaban J connectivity index is 1.95. The molecule has 8 nitrogen and oxygen atoms in total. The first-order valence-electron chi connectivity index (χ1n) is 7.58. The molecular weight excluding hydrogens is 374 g/mol. The van der Waals surface area contributed by atoms with Crippen LogP contribution in [0.5, 0.6) is 5.75 Å². The van der Waals surface area contributed by atoms with Gasteiger partial charge in [0.1, 0.15) is 5.75 Å². The van der Waals surface area contributed by atoms with Gasteiger partial charge in [-0.05, 0) is 18.2 Å². The largest absolute Gasteiger partial charge is 0.495 e. The lowest BCUT2D eigenvalue weighted by molar-refractivity contribution is -0.114. The lowest BCUT2D eigenvalue weighted by atomic mass is 10.2. The van der Waals surface area contributed by atoms with Gasteiger partial charge in [-0.15, -0.1) is 16.8 Å². The maximum atomic E-state index is 12.2. The third-order valence-corrected chi connectivity index (χ3v) is 4.94. The normalized spacial score (nSPS) is 10.1. The van der Waals surface area contributed by atoms with Gasteiger partial charge >= 0.3 is 0 Å². The smallest absolute Gasteiger partial charge is 0.234 e. The van der Waals surface area contributed by atoms with Gasteiger partial charge in [0.2, 0.25) is 16.9 Å². The molecule has 138 valence electrons. The molecule has 0 atom stereocenters. The molecule has 3 N–H and O–H groups in total. The Morgan fingerprint density at radius 2 is 2.15 bits per heavy atom. The first kappa shape index (κ1) is 19.7. The van der Waals surface area contributed by atoms with Crippen LogP contribution in [-0.2, 0) is 9.59 Å². The average molecular weight is 393 g/mol. The number of anilines is 3. The van der Waals surface area contributed by atoms with Crippen molar-refractivity contribution in [2.45, 2.75) is 11.3 Å². The molecule has 0 saturated heterocycles.